The summed E-state index contributed by atoms with van der Waals surface area (Å²) in [7, 11) is 0. The number of aromatic nitrogens is 2. The molecule has 2 atom stereocenters. The van der Waals surface area contributed by atoms with Gasteiger partial charge >= 0.3 is 0 Å². The molecule has 3 N–H and O–H groups in total. The molecule has 0 fully saturated rings. The highest BCUT2D eigenvalue weighted by Gasteiger charge is 2.14. The van der Waals surface area contributed by atoms with E-state index in [1.54, 1.807) is 23.9 Å². The third kappa shape index (κ3) is 4.44. The van der Waals surface area contributed by atoms with E-state index in [4.69, 9.17) is 5.11 Å². The summed E-state index contributed by atoms with van der Waals surface area (Å²) in [6.07, 6.45) is 2.56. The smallest absolute Gasteiger partial charge is 0.138 e. The molecule has 0 spiro atoms. The lowest BCUT2D eigenvalue weighted by Crippen LogP contribution is -2.15. The highest BCUT2D eigenvalue weighted by Crippen LogP contribution is 2.20. The van der Waals surface area contributed by atoms with Gasteiger partial charge < -0.3 is 19.9 Å². The topological polar surface area (TPSA) is 78.5 Å². The summed E-state index contributed by atoms with van der Waals surface area (Å²) >= 11 is 0. The highest BCUT2D eigenvalue weighted by molar-refractivity contribution is 5.64. The van der Waals surface area contributed by atoms with Gasteiger partial charge in [0.1, 0.15) is 18.0 Å². The van der Waals surface area contributed by atoms with Crippen LogP contribution in [0.5, 0.6) is 0 Å². The van der Waals surface area contributed by atoms with Crippen LogP contribution in [0.15, 0.2) is 60.9 Å². The molecule has 0 saturated carbocycles. The summed E-state index contributed by atoms with van der Waals surface area (Å²) in [6.45, 7) is 1.50. The van der Waals surface area contributed by atoms with Crippen LogP contribution in [0.4, 0.5) is 0 Å². The molecule has 1 heterocycles. The number of hydrogen-bond donors (Lipinski definition) is 3. The summed E-state index contributed by atoms with van der Waals surface area (Å²) in [5, 5.41) is 28.6. The van der Waals surface area contributed by atoms with Crippen LogP contribution >= 0.6 is 0 Å². The molecule has 0 bridgehead atoms. The SMILES string of the molecule is C[C@H](O)c1nccn1[C@@H](C#Cc1ccc(-c2ccc(CO)cc2)cc1)CO. The minimum Gasteiger partial charge on any atom is -0.393 e. The second kappa shape index (κ2) is 8.65. The molecule has 0 aliphatic carbocycles. The van der Waals surface area contributed by atoms with E-state index in [1.807, 2.05) is 48.5 Å². The van der Waals surface area contributed by atoms with Crippen LogP contribution in [0.3, 0.4) is 0 Å². The van der Waals surface area contributed by atoms with E-state index < -0.39 is 12.1 Å². The van der Waals surface area contributed by atoms with Gasteiger partial charge in [-0.3, -0.25) is 0 Å². The number of aliphatic hydroxyl groups excluding tert-OH is 3. The molecule has 0 aliphatic rings. The Hall–Kier alpha value is -2.91. The Morgan fingerprint density at radius 3 is 2.19 bits per heavy atom. The van der Waals surface area contributed by atoms with Crippen LogP contribution in [0.2, 0.25) is 0 Å². The molecular weight excluding hydrogens is 340 g/mol. The van der Waals surface area contributed by atoms with Crippen molar-refractivity contribution in [2.24, 2.45) is 0 Å². The average Bonchev–Trinajstić information content (AvgIpc) is 3.19. The first-order valence-corrected chi connectivity index (χ1v) is 8.76. The summed E-state index contributed by atoms with van der Waals surface area (Å²) in [4.78, 5) is 4.12. The quantitative estimate of drug-likeness (QED) is 0.610. The predicted molar refractivity (Wildman–Crippen MR) is 104 cm³/mol. The lowest BCUT2D eigenvalue weighted by molar-refractivity contribution is 0.176. The molecule has 5 heteroatoms. The van der Waals surface area contributed by atoms with Crippen LogP contribution in [0.1, 0.15) is 36.0 Å². The lowest BCUT2D eigenvalue weighted by atomic mass is 10.0. The molecule has 3 rings (SSSR count). The normalized spacial score (nSPS) is 12.9. The molecule has 5 nitrogen and oxygen atoms in total. The molecule has 0 amide bonds. The van der Waals surface area contributed by atoms with Gasteiger partial charge in [-0.2, -0.15) is 0 Å². The number of rotatable bonds is 5. The zero-order chi connectivity index (χ0) is 19.2. The Morgan fingerprint density at radius 2 is 1.63 bits per heavy atom. The Labute approximate surface area is 158 Å². The molecule has 2 aromatic carbocycles. The monoisotopic (exact) mass is 362 g/mol. The van der Waals surface area contributed by atoms with Crippen LogP contribution in [-0.4, -0.2) is 31.5 Å². The van der Waals surface area contributed by atoms with Gasteiger partial charge in [0.2, 0.25) is 0 Å². The number of aliphatic hydroxyl groups is 3. The Morgan fingerprint density at radius 1 is 1.00 bits per heavy atom. The molecule has 3 aromatic rings. The first-order valence-electron chi connectivity index (χ1n) is 8.76. The maximum atomic E-state index is 9.77. The fraction of sp³-hybridized carbons (Fsp3) is 0.227. The van der Waals surface area contributed by atoms with Gasteiger partial charge in [-0.25, -0.2) is 4.98 Å². The van der Waals surface area contributed by atoms with Crippen molar-refractivity contribution in [2.75, 3.05) is 6.61 Å². The number of nitrogens with zero attached hydrogens (tertiary/aromatic N) is 2. The molecular formula is C22H22N2O3. The fourth-order valence-electron chi connectivity index (χ4n) is 2.83. The van der Waals surface area contributed by atoms with E-state index in [0.29, 0.717) is 5.82 Å². The third-order valence-electron chi connectivity index (χ3n) is 4.32. The van der Waals surface area contributed by atoms with Crippen molar-refractivity contribution in [3.63, 3.8) is 0 Å². The van der Waals surface area contributed by atoms with Crippen molar-refractivity contribution in [1.29, 1.82) is 0 Å². The van der Waals surface area contributed by atoms with Crippen molar-refractivity contribution in [3.05, 3.63) is 77.9 Å². The molecule has 0 aliphatic heterocycles. The first kappa shape index (κ1) is 18.9. The van der Waals surface area contributed by atoms with Crippen LogP contribution in [0, 0.1) is 11.8 Å². The highest BCUT2D eigenvalue weighted by atomic mass is 16.3. The molecule has 0 unspecified atom stereocenters. The minimum atomic E-state index is -0.729. The zero-order valence-electron chi connectivity index (χ0n) is 15.1. The Kier molecular flexibility index (Phi) is 6.05. The summed E-state index contributed by atoms with van der Waals surface area (Å²) in [5.41, 5.74) is 3.85. The van der Waals surface area contributed by atoms with Crippen LogP contribution in [-0.2, 0) is 6.61 Å². The van der Waals surface area contributed by atoms with Crippen molar-refractivity contribution >= 4 is 0 Å². The number of imidazole rings is 1. The molecule has 27 heavy (non-hydrogen) atoms. The van der Waals surface area contributed by atoms with Gasteiger partial charge in [-0.1, -0.05) is 48.2 Å². The standard InChI is InChI=1S/C22H22N2O3/c1-16(27)22-23-12-13-24(22)21(15-26)11-6-17-2-7-19(8-3-17)20-9-4-18(14-25)5-10-20/h2-5,7-10,12-13,16,21,25-27H,14-15H2,1H3/t16-,21-/m0/s1. The number of benzene rings is 2. The molecule has 138 valence electrons. The van der Waals surface area contributed by atoms with Gasteiger partial charge in [0.05, 0.1) is 13.2 Å². The maximum absolute atomic E-state index is 9.77. The Balaban J connectivity index is 1.78. The van der Waals surface area contributed by atoms with E-state index in [-0.39, 0.29) is 13.2 Å². The van der Waals surface area contributed by atoms with Gasteiger partial charge in [0.25, 0.3) is 0 Å². The van der Waals surface area contributed by atoms with E-state index in [0.717, 1.165) is 22.3 Å². The summed E-state index contributed by atoms with van der Waals surface area (Å²) in [5.74, 6) is 6.59. The van der Waals surface area contributed by atoms with Crippen molar-refractivity contribution < 1.29 is 15.3 Å². The molecule has 0 radical (unpaired) electrons. The summed E-state index contributed by atoms with van der Waals surface area (Å²) < 4.78 is 1.69. The second-order valence-electron chi connectivity index (χ2n) is 6.27. The van der Waals surface area contributed by atoms with E-state index in [9.17, 15) is 10.2 Å². The summed E-state index contributed by atoms with van der Waals surface area (Å²) in [6, 6.07) is 15.1. The minimum absolute atomic E-state index is 0.0362. The second-order valence-corrected chi connectivity index (χ2v) is 6.27. The van der Waals surface area contributed by atoms with Gasteiger partial charge in [0, 0.05) is 18.0 Å². The van der Waals surface area contributed by atoms with Crippen LogP contribution < -0.4 is 0 Å². The number of hydrogen-bond acceptors (Lipinski definition) is 4. The Bertz CT molecular complexity index is 932. The average molecular weight is 362 g/mol. The van der Waals surface area contributed by atoms with Gasteiger partial charge in [-0.05, 0) is 35.7 Å². The molecule has 0 saturated heterocycles. The maximum Gasteiger partial charge on any atom is 0.138 e. The first-order chi connectivity index (χ1) is 13.1. The van der Waals surface area contributed by atoms with E-state index in [2.05, 4.69) is 16.8 Å². The van der Waals surface area contributed by atoms with Crippen molar-refractivity contribution in [3.8, 4) is 23.0 Å². The van der Waals surface area contributed by atoms with E-state index >= 15 is 0 Å². The van der Waals surface area contributed by atoms with Crippen molar-refractivity contribution in [2.45, 2.75) is 25.7 Å². The lowest BCUT2D eigenvalue weighted by Gasteiger charge is -2.14. The van der Waals surface area contributed by atoms with Crippen LogP contribution in [0.25, 0.3) is 11.1 Å². The van der Waals surface area contributed by atoms with Gasteiger partial charge in [-0.15, -0.1) is 0 Å². The fourth-order valence-corrected chi connectivity index (χ4v) is 2.83. The molecule has 1 aromatic heterocycles. The third-order valence-corrected chi connectivity index (χ3v) is 4.32. The van der Waals surface area contributed by atoms with Gasteiger partial charge in [0.15, 0.2) is 0 Å². The van der Waals surface area contributed by atoms with E-state index in [1.165, 1.54) is 0 Å². The van der Waals surface area contributed by atoms with Crippen molar-refractivity contribution in [1.82, 2.24) is 9.55 Å². The largest absolute Gasteiger partial charge is 0.393 e. The predicted octanol–water partition coefficient (Wildman–Crippen LogP) is 2.68. The zero-order valence-corrected chi connectivity index (χ0v) is 15.1.